The first kappa shape index (κ1) is 27.3. The summed E-state index contributed by atoms with van der Waals surface area (Å²) in [5, 5.41) is 25.8. The lowest BCUT2D eigenvalue weighted by Gasteiger charge is -2.27. The van der Waals surface area contributed by atoms with Crippen LogP contribution in [0.5, 0.6) is 11.5 Å². The summed E-state index contributed by atoms with van der Waals surface area (Å²) in [7, 11) is 0. The topological polar surface area (TPSA) is 113 Å². The Morgan fingerprint density at radius 3 is 1.36 bits per heavy atom. The van der Waals surface area contributed by atoms with Gasteiger partial charge in [-0.2, -0.15) is 0 Å². The van der Waals surface area contributed by atoms with E-state index < -0.39 is 0 Å². The van der Waals surface area contributed by atoms with Crippen LogP contribution in [0.25, 0.3) is 44.3 Å². The fraction of sp³-hybridized carbons (Fsp3) is 0.211. The number of benzene rings is 4. The highest BCUT2D eigenvalue weighted by molar-refractivity contribution is 6.01. The van der Waals surface area contributed by atoms with Crippen molar-refractivity contribution in [3.8, 4) is 34.0 Å². The maximum absolute atomic E-state index is 8.43. The molecular formula is C38H36N6O. The molecular weight excluding hydrogens is 556 g/mol. The molecule has 4 aromatic carbocycles. The molecule has 2 aromatic heterocycles. The molecule has 2 aliphatic carbocycles. The lowest BCUT2D eigenvalue weighted by molar-refractivity contribution is 0.383. The number of ether oxygens (including phenoxy) is 1. The van der Waals surface area contributed by atoms with Crippen LogP contribution in [0.3, 0.4) is 0 Å². The minimum atomic E-state index is 0.445. The third kappa shape index (κ3) is 5.57. The van der Waals surface area contributed by atoms with Crippen LogP contribution in [0, 0.1) is 10.8 Å². The summed E-state index contributed by atoms with van der Waals surface area (Å²) in [6.07, 6.45) is 7.11. The van der Waals surface area contributed by atoms with E-state index >= 15 is 0 Å². The van der Waals surface area contributed by atoms with Crippen molar-refractivity contribution in [1.82, 2.24) is 20.6 Å². The van der Waals surface area contributed by atoms with Gasteiger partial charge in [-0.25, -0.2) is 0 Å². The molecule has 0 amide bonds. The molecule has 7 nitrogen and oxygen atoms in total. The lowest BCUT2D eigenvalue weighted by atomic mass is 9.93. The maximum atomic E-state index is 8.43. The van der Waals surface area contributed by atoms with E-state index in [4.69, 9.17) is 15.6 Å². The van der Waals surface area contributed by atoms with Crippen molar-refractivity contribution in [2.24, 2.45) is 0 Å². The minimum absolute atomic E-state index is 0.445. The molecule has 0 radical (unpaired) electrons. The van der Waals surface area contributed by atoms with Gasteiger partial charge in [0.05, 0.1) is 0 Å². The average Bonchev–Trinajstić information content (AvgIpc) is 3.65. The molecule has 6 aromatic rings. The Balaban J connectivity index is 0.927. The van der Waals surface area contributed by atoms with Crippen LogP contribution in [0.1, 0.15) is 49.7 Å². The smallest absolute Gasteiger partial charge is 0.127 e. The van der Waals surface area contributed by atoms with Crippen LogP contribution in [-0.4, -0.2) is 33.7 Å². The van der Waals surface area contributed by atoms with Crippen molar-refractivity contribution in [2.45, 2.75) is 50.6 Å². The monoisotopic (exact) mass is 592 g/mol. The minimum Gasteiger partial charge on any atom is -0.457 e. The molecule has 0 saturated heterocycles. The van der Waals surface area contributed by atoms with E-state index in [1.807, 2.05) is 36.4 Å². The maximum Gasteiger partial charge on any atom is 0.127 e. The van der Waals surface area contributed by atoms with Gasteiger partial charge in [-0.05, 0) is 122 Å². The summed E-state index contributed by atoms with van der Waals surface area (Å²) in [6, 6.07) is 33.7. The van der Waals surface area contributed by atoms with Gasteiger partial charge in [-0.3, -0.25) is 10.8 Å². The zero-order valence-corrected chi connectivity index (χ0v) is 25.0. The Morgan fingerprint density at radius 2 is 0.978 bits per heavy atom. The summed E-state index contributed by atoms with van der Waals surface area (Å²) in [6.45, 7) is 0. The van der Waals surface area contributed by atoms with E-state index in [2.05, 4.69) is 81.3 Å². The highest BCUT2D eigenvalue weighted by Crippen LogP contribution is 2.31. The van der Waals surface area contributed by atoms with Gasteiger partial charge in [0, 0.05) is 56.4 Å². The van der Waals surface area contributed by atoms with Crippen LogP contribution in [0.15, 0.2) is 97.1 Å². The van der Waals surface area contributed by atoms with Crippen LogP contribution in [0.2, 0.25) is 0 Å². The largest absolute Gasteiger partial charge is 0.457 e. The number of hydrogen-bond donors (Lipinski definition) is 6. The number of fused-ring (bicyclic) bond motifs is 2. The van der Waals surface area contributed by atoms with Gasteiger partial charge in [-0.1, -0.05) is 24.3 Å². The normalized spacial score (nSPS) is 15.0. The Morgan fingerprint density at radius 1 is 0.556 bits per heavy atom. The van der Waals surface area contributed by atoms with Crippen LogP contribution in [-0.2, 0) is 0 Å². The molecule has 0 unspecified atom stereocenters. The van der Waals surface area contributed by atoms with Gasteiger partial charge in [-0.15, -0.1) is 0 Å². The molecule has 6 N–H and O–H groups in total. The van der Waals surface area contributed by atoms with E-state index in [1.165, 1.54) is 12.8 Å². The molecule has 2 saturated carbocycles. The van der Waals surface area contributed by atoms with Crippen molar-refractivity contribution in [2.75, 3.05) is 0 Å². The second kappa shape index (κ2) is 11.3. The van der Waals surface area contributed by atoms with E-state index in [0.29, 0.717) is 23.8 Å². The van der Waals surface area contributed by atoms with Crippen molar-refractivity contribution < 1.29 is 4.74 Å². The van der Waals surface area contributed by atoms with E-state index in [9.17, 15) is 0 Å². The summed E-state index contributed by atoms with van der Waals surface area (Å²) in [4.78, 5) is 7.06. The van der Waals surface area contributed by atoms with E-state index in [-0.39, 0.29) is 0 Å². The molecule has 7 heteroatoms. The van der Waals surface area contributed by atoms with E-state index in [1.54, 1.807) is 0 Å². The van der Waals surface area contributed by atoms with Gasteiger partial charge in [0.1, 0.15) is 23.2 Å². The Bertz CT molecular complexity index is 1880. The summed E-state index contributed by atoms with van der Waals surface area (Å²) < 4.78 is 6.17. The summed E-state index contributed by atoms with van der Waals surface area (Å²) in [5.41, 5.74) is 8.09. The van der Waals surface area contributed by atoms with E-state index in [0.717, 1.165) is 92.6 Å². The van der Waals surface area contributed by atoms with Crippen molar-refractivity contribution in [3.05, 3.63) is 108 Å². The Hall–Kier alpha value is -5.30. The highest BCUT2D eigenvalue weighted by atomic mass is 16.5. The van der Waals surface area contributed by atoms with Gasteiger partial charge in [0.15, 0.2) is 0 Å². The molecule has 0 spiro atoms. The van der Waals surface area contributed by atoms with Crippen molar-refractivity contribution in [3.63, 3.8) is 0 Å². The second-order valence-corrected chi connectivity index (χ2v) is 12.4. The fourth-order valence-corrected chi connectivity index (χ4v) is 6.10. The molecule has 2 aliphatic rings. The lowest BCUT2D eigenvalue weighted by Crippen LogP contribution is -2.39. The first-order valence-corrected chi connectivity index (χ1v) is 15.9. The molecule has 0 aliphatic heterocycles. The molecule has 224 valence electrons. The highest BCUT2D eigenvalue weighted by Gasteiger charge is 2.20. The third-order valence-corrected chi connectivity index (χ3v) is 9.30. The Kier molecular flexibility index (Phi) is 6.86. The van der Waals surface area contributed by atoms with Crippen molar-refractivity contribution >= 4 is 33.5 Å². The van der Waals surface area contributed by atoms with Gasteiger partial charge in [0.2, 0.25) is 0 Å². The second-order valence-electron chi connectivity index (χ2n) is 12.4. The molecule has 2 fully saturated rings. The fourth-order valence-electron chi connectivity index (χ4n) is 6.10. The molecule has 0 atom stereocenters. The summed E-state index contributed by atoms with van der Waals surface area (Å²) in [5.74, 6) is 2.54. The van der Waals surface area contributed by atoms with Crippen molar-refractivity contribution in [1.29, 1.82) is 10.8 Å². The predicted octanol–water partition coefficient (Wildman–Crippen LogP) is 8.71. The average molecular weight is 593 g/mol. The quantitative estimate of drug-likeness (QED) is 0.0785. The standard InChI is InChI=1S/C38H36N6O/c39-37(41-29-3-1-4-29)27-9-7-25-19-33(43-35(25)21-27)23-11-15-31(16-12-23)45-32-17-13-24(14-18-32)34-20-26-8-10-28(22-36(26)44-34)38(40)42-30-5-2-6-30/h7-22,29-30,43-44H,1-6H2,(H2,39,41)(H2,40,42). The zero-order chi connectivity index (χ0) is 30.3. The zero-order valence-electron chi connectivity index (χ0n) is 25.0. The number of rotatable bonds is 8. The van der Waals surface area contributed by atoms with Crippen LogP contribution >= 0.6 is 0 Å². The number of H-pyrrole nitrogens is 2. The Labute approximate surface area is 262 Å². The number of nitrogens with one attached hydrogen (secondary N) is 6. The first-order valence-electron chi connectivity index (χ1n) is 15.9. The molecule has 45 heavy (non-hydrogen) atoms. The molecule has 0 bridgehead atoms. The van der Waals surface area contributed by atoms with Gasteiger partial charge >= 0.3 is 0 Å². The first-order chi connectivity index (χ1) is 22.0. The third-order valence-electron chi connectivity index (χ3n) is 9.30. The van der Waals surface area contributed by atoms with Gasteiger partial charge < -0.3 is 25.3 Å². The van der Waals surface area contributed by atoms with Crippen LogP contribution < -0.4 is 15.4 Å². The number of aromatic nitrogens is 2. The molecule has 8 rings (SSSR count). The number of amidine groups is 2. The number of hydrogen-bond acceptors (Lipinski definition) is 3. The predicted molar refractivity (Wildman–Crippen MR) is 183 cm³/mol. The summed E-state index contributed by atoms with van der Waals surface area (Å²) >= 11 is 0. The number of aromatic amines is 2. The van der Waals surface area contributed by atoms with Gasteiger partial charge in [0.25, 0.3) is 0 Å². The van der Waals surface area contributed by atoms with Crippen LogP contribution in [0.4, 0.5) is 0 Å². The molecule has 2 heterocycles. The SMILES string of the molecule is N=C(NC1CCC1)c1ccc2cc(-c3ccc(Oc4ccc(-c5cc6ccc(C(=N)NC7CCC7)cc6[nH]5)cc4)cc3)[nH]c2c1.